The Balaban J connectivity index is 1.18. The first-order chi connectivity index (χ1) is 16.9. The van der Waals surface area contributed by atoms with Gasteiger partial charge in [0.25, 0.3) is 15.9 Å². The van der Waals surface area contributed by atoms with E-state index in [4.69, 9.17) is 14.2 Å². The molecule has 1 atom stereocenters. The first kappa shape index (κ1) is 21.7. The van der Waals surface area contributed by atoms with E-state index >= 15 is 0 Å². The van der Waals surface area contributed by atoms with Crippen molar-refractivity contribution in [1.82, 2.24) is 14.1 Å². The van der Waals surface area contributed by atoms with Crippen LogP contribution in [0, 0.1) is 0 Å². The Kier molecular flexibility index (Phi) is 5.07. The molecular weight excluding hydrogens is 476 g/mol. The molecule has 0 saturated carbocycles. The summed E-state index contributed by atoms with van der Waals surface area (Å²) in [6.07, 6.45) is 0.0444. The fraction of sp³-hybridized carbons (Fsp3) is 0.304. The summed E-state index contributed by atoms with van der Waals surface area (Å²) in [6, 6.07) is 9.50. The summed E-state index contributed by atoms with van der Waals surface area (Å²) in [7, 11) is -3.96. The number of hydrogen-bond acceptors (Lipinski definition) is 9. The van der Waals surface area contributed by atoms with E-state index in [0.717, 1.165) is 9.77 Å². The molecule has 0 spiro atoms. The average molecular weight is 499 g/mol. The van der Waals surface area contributed by atoms with Gasteiger partial charge in [0, 0.05) is 30.9 Å². The summed E-state index contributed by atoms with van der Waals surface area (Å²) in [5.74, 6) is 1.05. The monoisotopic (exact) mass is 498 g/mol. The zero-order valence-electron chi connectivity index (χ0n) is 18.5. The topological polar surface area (TPSA) is 132 Å². The summed E-state index contributed by atoms with van der Waals surface area (Å²) >= 11 is 0. The maximum atomic E-state index is 13.1. The molecule has 0 fully saturated rings. The molecule has 182 valence electrons. The predicted octanol–water partition coefficient (Wildman–Crippen LogP) is 1.27. The fourth-order valence-corrected chi connectivity index (χ4v) is 5.53. The summed E-state index contributed by atoms with van der Waals surface area (Å²) in [4.78, 5) is 14.4. The molecule has 6 rings (SSSR count). The molecule has 11 nitrogen and oxygen atoms in total. The van der Waals surface area contributed by atoms with E-state index in [-0.39, 0.29) is 18.0 Å². The normalized spacial score (nSPS) is 17.1. The molecule has 1 aromatic heterocycles. The van der Waals surface area contributed by atoms with Crippen LogP contribution in [0.1, 0.15) is 22.9 Å². The Labute approximate surface area is 200 Å². The lowest BCUT2D eigenvalue weighted by Gasteiger charge is -2.23. The second-order valence-electron chi connectivity index (χ2n) is 8.41. The quantitative estimate of drug-likeness (QED) is 0.546. The number of rotatable bonds is 4. The smallest absolute Gasteiger partial charge is 0.283 e. The summed E-state index contributed by atoms with van der Waals surface area (Å²) < 4.78 is 43.6. The highest BCUT2D eigenvalue weighted by Gasteiger charge is 2.33. The Morgan fingerprint density at radius 2 is 1.77 bits per heavy atom. The molecular formula is C23H22N4O7S. The number of nitrogens with zero attached hydrogens (tertiary/aromatic N) is 3. The second kappa shape index (κ2) is 8.17. The number of nitrogens with one attached hydrogen (secondary N) is 1. The van der Waals surface area contributed by atoms with Crippen molar-refractivity contribution in [2.24, 2.45) is 0 Å². The number of aromatic nitrogens is 2. The van der Waals surface area contributed by atoms with E-state index in [9.17, 15) is 18.3 Å². The van der Waals surface area contributed by atoms with Crippen LogP contribution < -0.4 is 19.5 Å². The summed E-state index contributed by atoms with van der Waals surface area (Å²) in [5.41, 5.74) is 2.24. The number of carbonyl (C=O) groups excluding carboxylic acids is 1. The van der Waals surface area contributed by atoms with Gasteiger partial charge < -0.3 is 29.5 Å². The molecule has 12 heteroatoms. The lowest BCUT2D eigenvalue weighted by Crippen LogP contribution is -2.31. The summed E-state index contributed by atoms with van der Waals surface area (Å²) in [5, 5.41) is 18.1. The van der Waals surface area contributed by atoms with E-state index in [2.05, 4.69) is 10.4 Å². The largest absolute Gasteiger partial charge is 0.490 e. The third-order valence-corrected chi connectivity index (χ3v) is 7.69. The van der Waals surface area contributed by atoms with Gasteiger partial charge in [0.05, 0.1) is 22.8 Å². The van der Waals surface area contributed by atoms with Crippen LogP contribution in [-0.4, -0.2) is 59.9 Å². The van der Waals surface area contributed by atoms with Crippen molar-refractivity contribution in [3.05, 3.63) is 59.4 Å². The Morgan fingerprint density at radius 3 is 2.60 bits per heavy atom. The van der Waals surface area contributed by atoms with E-state index in [1.807, 2.05) is 0 Å². The fourth-order valence-electron chi connectivity index (χ4n) is 4.34. The van der Waals surface area contributed by atoms with Crippen LogP contribution in [0.25, 0.3) is 0 Å². The Hall–Kier alpha value is -3.77. The molecule has 3 aliphatic rings. The van der Waals surface area contributed by atoms with Gasteiger partial charge in [-0.15, -0.1) is 0 Å². The third-order valence-electron chi connectivity index (χ3n) is 6.16. The van der Waals surface area contributed by atoms with Crippen molar-refractivity contribution < 1.29 is 32.5 Å². The number of anilines is 1. The highest BCUT2D eigenvalue weighted by Crippen LogP contribution is 2.34. The molecule has 0 aliphatic carbocycles. The van der Waals surface area contributed by atoms with Gasteiger partial charge in [-0.3, -0.25) is 4.79 Å². The molecule has 3 aromatic rings. The molecule has 0 bridgehead atoms. The number of aliphatic hydroxyl groups excluding tert-OH is 1. The van der Waals surface area contributed by atoms with Gasteiger partial charge in [-0.05, 0) is 29.8 Å². The Bertz CT molecular complexity index is 1410. The number of amides is 1. The van der Waals surface area contributed by atoms with E-state index in [1.54, 1.807) is 24.3 Å². The molecule has 0 radical (unpaired) electrons. The first-order valence-electron chi connectivity index (χ1n) is 11.1. The predicted molar refractivity (Wildman–Crippen MR) is 122 cm³/mol. The second-order valence-corrected chi connectivity index (χ2v) is 10.2. The molecule has 35 heavy (non-hydrogen) atoms. The van der Waals surface area contributed by atoms with Gasteiger partial charge >= 0.3 is 0 Å². The van der Waals surface area contributed by atoms with Gasteiger partial charge in [0.1, 0.15) is 25.6 Å². The maximum Gasteiger partial charge on any atom is 0.283 e. The van der Waals surface area contributed by atoms with E-state index < -0.39 is 22.0 Å². The number of fused-ring (bicyclic) bond motifs is 3. The van der Waals surface area contributed by atoms with Crippen molar-refractivity contribution in [3.8, 4) is 17.2 Å². The van der Waals surface area contributed by atoms with Crippen LogP contribution in [0.2, 0.25) is 0 Å². The standard InChI is InChI=1S/C23H22N4O7S/c28-22(14-1-3-19-17(9-14)24-5-6-32-19)23(29)26-11-15-12-27(25-18(15)13-26)35(30,31)16-2-4-20-21(10-16)34-8-7-33-20/h1-4,9-10,12,22,24,28H,5-8,11,13H2/t22-/m0/s1. The Morgan fingerprint density at radius 1 is 1.00 bits per heavy atom. The SMILES string of the molecule is O=C([C@@H](O)c1ccc2c(c1)NCCO2)N1Cc2cn(S(=O)(=O)c3ccc4c(c3)OCCO4)nc2C1. The minimum atomic E-state index is -3.96. The van der Waals surface area contributed by atoms with Crippen molar-refractivity contribution in [2.75, 3.05) is 31.7 Å². The lowest BCUT2D eigenvalue weighted by molar-refractivity contribution is -0.141. The summed E-state index contributed by atoms with van der Waals surface area (Å²) in [6.45, 7) is 2.20. The molecule has 2 N–H and O–H groups in total. The minimum Gasteiger partial charge on any atom is -0.490 e. The molecule has 0 saturated heterocycles. The highest BCUT2D eigenvalue weighted by molar-refractivity contribution is 7.89. The molecule has 3 aliphatic heterocycles. The van der Waals surface area contributed by atoms with Crippen LogP contribution >= 0.6 is 0 Å². The number of benzene rings is 2. The van der Waals surface area contributed by atoms with Crippen molar-refractivity contribution in [2.45, 2.75) is 24.1 Å². The van der Waals surface area contributed by atoms with Crippen LogP contribution in [0.15, 0.2) is 47.5 Å². The number of ether oxygens (including phenoxy) is 3. The highest BCUT2D eigenvalue weighted by atomic mass is 32.2. The van der Waals surface area contributed by atoms with E-state index in [0.29, 0.717) is 60.4 Å². The van der Waals surface area contributed by atoms with Crippen LogP contribution in [-0.2, 0) is 27.9 Å². The maximum absolute atomic E-state index is 13.1. The van der Waals surface area contributed by atoms with Gasteiger partial charge in [-0.25, -0.2) is 0 Å². The zero-order chi connectivity index (χ0) is 24.2. The lowest BCUT2D eigenvalue weighted by atomic mass is 10.1. The van der Waals surface area contributed by atoms with E-state index in [1.165, 1.54) is 23.2 Å². The number of hydrogen-bond donors (Lipinski definition) is 2. The zero-order valence-corrected chi connectivity index (χ0v) is 19.3. The molecule has 0 unspecified atom stereocenters. The third kappa shape index (κ3) is 3.74. The van der Waals surface area contributed by atoms with Crippen LogP contribution in [0.5, 0.6) is 17.2 Å². The average Bonchev–Trinajstić information content (AvgIpc) is 3.47. The minimum absolute atomic E-state index is 0.0243. The van der Waals surface area contributed by atoms with Gasteiger partial charge in [-0.2, -0.15) is 17.6 Å². The van der Waals surface area contributed by atoms with Crippen molar-refractivity contribution in [3.63, 3.8) is 0 Å². The number of carbonyl (C=O) groups is 1. The van der Waals surface area contributed by atoms with Gasteiger partial charge in [-0.1, -0.05) is 6.07 Å². The first-order valence-corrected chi connectivity index (χ1v) is 12.5. The van der Waals surface area contributed by atoms with Crippen molar-refractivity contribution >= 4 is 21.6 Å². The van der Waals surface area contributed by atoms with Crippen molar-refractivity contribution in [1.29, 1.82) is 0 Å². The van der Waals surface area contributed by atoms with Gasteiger partial charge in [0.2, 0.25) is 0 Å². The molecule has 1 amide bonds. The molecule has 4 heterocycles. The van der Waals surface area contributed by atoms with Crippen LogP contribution in [0.4, 0.5) is 5.69 Å². The number of aliphatic hydroxyl groups is 1. The van der Waals surface area contributed by atoms with Crippen LogP contribution in [0.3, 0.4) is 0 Å². The molecule has 2 aromatic carbocycles. The van der Waals surface area contributed by atoms with Gasteiger partial charge in [0.15, 0.2) is 17.6 Å².